The molecule has 1 heterocycles. The molecule has 0 aliphatic rings. The van der Waals surface area contributed by atoms with E-state index in [2.05, 4.69) is 18.1 Å². The molecule has 0 bridgehead atoms. The molecular formula is C13H13NO4. The number of pyridine rings is 1. The molecule has 0 unspecified atom stereocenters. The van der Waals surface area contributed by atoms with E-state index in [1.807, 2.05) is 0 Å². The van der Waals surface area contributed by atoms with Crippen LogP contribution in [0.2, 0.25) is 0 Å². The van der Waals surface area contributed by atoms with E-state index in [0.717, 1.165) is 6.20 Å². The van der Waals surface area contributed by atoms with Crippen molar-refractivity contribution in [2.24, 2.45) is 0 Å². The summed E-state index contributed by atoms with van der Waals surface area (Å²) in [6.07, 6.45) is 4.63. The van der Waals surface area contributed by atoms with Crippen molar-refractivity contribution >= 4 is 11.9 Å². The predicted octanol–water partition coefficient (Wildman–Crippen LogP) is 1.94. The van der Waals surface area contributed by atoms with Gasteiger partial charge in [-0.1, -0.05) is 12.2 Å². The SMILES string of the molecule is C=CCc1c(C(=O)O)cnc(C(=O)O)c1CC=C. The molecule has 0 amide bonds. The maximum atomic E-state index is 11.1. The van der Waals surface area contributed by atoms with Gasteiger partial charge in [0.15, 0.2) is 5.69 Å². The Balaban J connectivity index is 3.57. The largest absolute Gasteiger partial charge is 0.478 e. The monoisotopic (exact) mass is 247 g/mol. The highest BCUT2D eigenvalue weighted by atomic mass is 16.4. The molecule has 0 saturated heterocycles. The second-order valence-electron chi connectivity index (χ2n) is 3.57. The van der Waals surface area contributed by atoms with Crippen molar-refractivity contribution in [3.05, 3.63) is 53.9 Å². The summed E-state index contributed by atoms with van der Waals surface area (Å²) in [4.78, 5) is 25.8. The average molecular weight is 247 g/mol. The zero-order valence-corrected chi connectivity index (χ0v) is 9.72. The predicted molar refractivity (Wildman–Crippen MR) is 66.0 cm³/mol. The van der Waals surface area contributed by atoms with Crippen molar-refractivity contribution in [1.82, 2.24) is 4.98 Å². The van der Waals surface area contributed by atoms with Gasteiger partial charge in [0.25, 0.3) is 0 Å². The number of aromatic carboxylic acids is 2. The Morgan fingerprint density at radius 3 is 2.11 bits per heavy atom. The maximum Gasteiger partial charge on any atom is 0.354 e. The molecule has 0 aliphatic carbocycles. The Morgan fingerprint density at radius 1 is 1.11 bits per heavy atom. The number of nitrogens with zero attached hydrogens (tertiary/aromatic N) is 1. The molecule has 0 atom stereocenters. The van der Waals surface area contributed by atoms with E-state index in [-0.39, 0.29) is 24.1 Å². The van der Waals surface area contributed by atoms with E-state index >= 15 is 0 Å². The van der Waals surface area contributed by atoms with Crippen molar-refractivity contribution in [1.29, 1.82) is 0 Å². The molecule has 18 heavy (non-hydrogen) atoms. The molecule has 5 heteroatoms. The third-order valence-corrected chi connectivity index (χ3v) is 2.43. The lowest BCUT2D eigenvalue weighted by Gasteiger charge is -2.12. The minimum atomic E-state index is -1.19. The molecule has 0 aliphatic heterocycles. The van der Waals surface area contributed by atoms with Gasteiger partial charge in [-0.25, -0.2) is 14.6 Å². The van der Waals surface area contributed by atoms with Gasteiger partial charge in [-0.05, 0) is 24.0 Å². The van der Waals surface area contributed by atoms with Crippen LogP contribution in [-0.4, -0.2) is 27.1 Å². The fourth-order valence-corrected chi connectivity index (χ4v) is 1.70. The lowest BCUT2D eigenvalue weighted by atomic mass is 9.96. The van der Waals surface area contributed by atoms with Gasteiger partial charge in [-0.3, -0.25) is 0 Å². The summed E-state index contributed by atoms with van der Waals surface area (Å²) in [7, 11) is 0. The van der Waals surface area contributed by atoms with Gasteiger partial charge in [-0.15, -0.1) is 13.2 Å². The van der Waals surface area contributed by atoms with Crippen LogP contribution in [0.1, 0.15) is 32.0 Å². The molecule has 5 nitrogen and oxygen atoms in total. The van der Waals surface area contributed by atoms with Gasteiger partial charge in [-0.2, -0.15) is 0 Å². The number of allylic oxidation sites excluding steroid dienone is 2. The molecule has 1 aromatic heterocycles. The van der Waals surface area contributed by atoms with E-state index in [1.54, 1.807) is 0 Å². The molecule has 1 aromatic rings. The second-order valence-corrected chi connectivity index (χ2v) is 3.57. The van der Waals surface area contributed by atoms with Crippen LogP contribution >= 0.6 is 0 Å². The van der Waals surface area contributed by atoms with E-state index < -0.39 is 11.9 Å². The summed E-state index contributed by atoms with van der Waals surface area (Å²) in [5, 5.41) is 18.1. The zero-order valence-electron chi connectivity index (χ0n) is 9.72. The van der Waals surface area contributed by atoms with Crippen LogP contribution in [0.5, 0.6) is 0 Å². The van der Waals surface area contributed by atoms with Crippen molar-refractivity contribution in [3.8, 4) is 0 Å². The number of aromatic nitrogens is 1. The normalized spacial score (nSPS) is 9.78. The molecule has 94 valence electrons. The van der Waals surface area contributed by atoms with Crippen molar-refractivity contribution in [2.75, 3.05) is 0 Å². The average Bonchev–Trinajstić information content (AvgIpc) is 2.30. The summed E-state index contributed by atoms with van der Waals surface area (Å²) >= 11 is 0. The van der Waals surface area contributed by atoms with Crippen LogP contribution in [0.4, 0.5) is 0 Å². The maximum absolute atomic E-state index is 11.1. The molecule has 2 N–H and O–H groups in total. The Kier molecular flexibility index (Phi) is 4.37. The quantitative estimate of drug-likeness (QED) is 0.750. The summed E-state index contributed by atoms with van der Waals surface area (Å²) in [5.74, 6) is -2.32. The van der Waals surface area contributed by atoms with Gasteiger partial charge in [0.2, 0.25) is 0 Å². The van der Waals surface area contributed by atoms with Gasteiger partial charge in [0, 0.05) is 6.20 Å². The zero-order chi connectivity index (χ0) is 13.7. The second kappa shape index (κ2) is 5.77. The number of rotatable bonds is 6. The number of carboxylic acid groups (broad SMARTS) is 2. The topological polar surface area (TPSA) is 87.5 Å². The molecular weight excluding hydrogens is 234 g/mol. The van der Waals surface area contributed by atoms with Crippen molar-refractivity contribution in [3.63, 3.8) is 0 Å². The van der Waals surface area contributed by atoms with Crippen LogP contribution in [0.25, 0.3) is 0 Å². The highest BCUT2D eigenvalue weighted by Gasteiger charge is 2.20. The van der Waals surface area contributed by atoms with Gasteiger partial charge in [0.05, 0.1) is 5.56 Å². The van der Waals surface area contributed by atoms with E-state index in [4.69, 9.17) is 10.2 Å². The van der Waals surface area contributed by atoms with E-state index in [9.17, 15) is 9.59 Å². The number of hydrogen-bond acceptors (Lipinski definition) is 3. The van der Waals surface area contributed by atoms with Gasteiger partial charge < -0.3 is 10.2 Å². The minimum absolute atomic E-state index is 0.00301. The number of carbonyl (C=O) groups is 2. The van der Waals surface area contributed by atoms with Crippen molar-refractivity contribution < 1.29 is 19.8 Å². The smallest absolute Gasteiger partial charge is 0.354 e. The summed E-state index contributed by atoms with van der Waals surface area (Å²) in [6, 6.07) is 0. The first-order valence-electron chi connectivity index (χ1n) is 5.22. The third kappa shape index (κ3) is 2.63. The molecule has 0 saturated carbocycles. The fraction of sp³-hybridized carbons (Fsp3) is 0.154. The van der Waals surface area contributed by atoms with Crippen LogP contribution in [0.3, 0.4) is 0 Å². The van der Waals surface area contributed by atoms with Gasteiger partial charge in [0.1, 0.15) is 0 Å². The van der Waals surface area contributed by atoms with Crippen LogP contribution in [0, 0.1) is 0 Å². The third-order valence-electron chi connectivity index (χ3n) is 2.43. The van der Waals surface area contributed by atoms with Crippen LogP contribution < -0.4 is 0 Å². The Morgan fingerprint density at radius 2 is 1.67 bits per heavy atom. The van der Waals surface area contributed by atoms with Crippen molar-refractivity contribution in [2.45, 2.75) is 12.8 Å². The summed E-state index contributed by atoms with van der Waals surface area (Å²) in [6.45, 7) is 7.08. The minimum Gasteiger partial charge on any atom is -0.478 e. The Bertz CT molecular complexity index is 473. The first kappa shape index (κ1) is 13.6. The van der Waals surface area contributed by atoms with Crippen LogP contribution in [-0.2, 0) is 12.8 Å². The number of carboxylic acids is 2. The molecule has 0 aromatic carbocycles. The molecule has 0 fully saturated rings. The van der Waals surface area contributed by atoms with Crippen LogP contribution in [0.15, 0.2) is 31.5 Å². The molecule has 0 spiro atoms. The summed E-state index contributed by atoms with van der Waals surface area (Å²) in [5.41, 5.74) is 0.649. The first-order valence-corrected chi connectivity index (χ1v) is 5.22. The van der Waals surface area contributed by atoms with Gasteiger partial charge >= 0.3 is 11.9 Å². The fourth-order valence-electron chi connectivity index (χ4n) is 1.70. The highest BCUT2D eigenvalue weighted by molar-refractivity contribution is 5.93. The van der Waals surface area contributed by atoms with E-state index in [0.29, 0.717) is 11.1 Å². The first-order chi connectivity index (χ1) is 8.52. The Labute approximate surface area is 104 Å². The highest BCUT2D eigenvalue weighted by Crippen LogP contribution is 2.20. The lowest BCUT2D eigenvalue weighted by molar-refractivity contribution is 0.0673. The molecule has 0 radical (unpaired) electrons. The van der Waals surface area contributed by atoms with E-state index in [1.165, 1.54) is 12.2 Å². The summed E-state index contributed by atoms with van der Waals surface area (Å²) < 4.78 is 0. The Hall–Kier alpha value is -2.43. The number of hydrogen-bond donors (Lipinski definition) is 2. The lowest BCUT2D eigenvalue weighted by Crippen LogP contribution is -2.13. The standard InChI is InChI=1S/C13H13NO4/c1-3-5-8-9(6-4-2)11(13(17)18)14-7-10(8)12(15)16/h3-4,7H,1-2,5-6H2,(H,15,16)(H,17,18). The molecule has 1 rings (SSSR count).